The lowest BCUT2D eigenvalue weighted by Gasteiger charge is -2.29. The number of anilines is 1. The van der Waals surface area contributed by atoms with Crippen molar-refractivity contribution < 1.29 is 14.3 Å². The van der Waals surface area contributed by atoms with Gasteiger partial charge >= 0.3 is 6.03 Å². The zero-order valence-electron chi connectivity index (χ0n) is 19.8. The molecule has 1 N–H and O–H groups in total. The number of carbonyl (C=O) groups is 2. The van der Waals surface area contributed by atoms with Crippen LogP contribution in [0.2, 0.25) is 5.02 Å². The van der Waals surface area contributed by atoms with Crippen LogP contribution in [0.25, 0.3) is 0 Å². The summed E-state index contributed by atoms with van der Waals surface area (Å²) in [6.07, 6.45) is 1.76. The van der Waals surface area contributed by atoms with Crippen LogP contribution in [0.15, 0.2) is 66.7 Å². The number of nitrogens with zero attached hydrogens (tertiary/aromatic N) is 2. The summed E-state index contributed by atoms with van der Waals surface area (Å²) >= 11 is 7.76. The quantitative estimate of drug-likeness (QED) is 0.386. The summed E-state index contributed by atoms with van der Waals surface area (Å²) in [4.78, 5) is 32.5. The van der Waals surface area contributed by atoms with Crippen LogP contribution in [0.5, 0.6) is 0 Å². The van der Waals surface area contributed by atoms with E-state index >= 15 is 0 Å². The van der Waals surface area contributed by atoms with Gasteiger partial charge in [0.05, 0.1) is 12.6 Å². The lowest BCUT2D eigenvalue weighted by Crippen LogP contribution is -2.46. The number of hydrogen-bond donors (Lipinski definition) is 1. The Hall–Kier alpha value is -2.87. The van der Waals surface area contributed by atoms with E-state index in [1.807, 2.05) is 35.2 Å². The number of ether oxygens (including phenoxy) is 1. The van der Waals surface area contributed by atoms with Crippen molar-refractivity contribution in [2.45, 2.75) is 39.0 Å². The number of aryl methyl sites for hydroxylation is 1. The van der Waals surface area contributed by atoms with Crippen LogP contribution in [-0.2, 0) is 22.6 Å². The molecule has 1 unspecified atom stereocenters. The van der Waals surface area contributed by atoms with E-state index in [0.717, 1.165) is 23.3 Å². The van der Waals surface area contributed by atoms with Crippen molar-refractivity contribution in [2.24, 2.45) is 0 Å². The van der Waals surface area contributed by atoms with Gasteiger partial charge in [-0.15, -0.1) is 11.3 Å². The third kappa shape index (κ3) is 7.56. The molecule has 0 aliphatic carbocycles. The van der Waals surface area contributed by atoms with Gasteiger partial charge in [0.15, 0.2) is 0 Å². The monoisotopic (exact) mass is 511 g/mol. The molecule has 1 aliphatic heterocycles. The number of urea groups is 1. The highest BCUT2D eigenvalue weighted by molar-refractivity contribution is 7.11. The highest BCUT2D eigenvalue weighted by Crippen LogP contribution is 2.21. The molecular formula is C27H30ClN3O3S. The number of carbonyl (C=O) groups excluding carboxylic acids is 2. The van der Waals surface area contributed by atoms with E-state index in [4.69, 9.17) is 16.3 Å². The van der Waals surface area contributed by atoms with E-state index in [1.54, 1.807) is 40.5 Å². The molecule has 2 heterocycles. The number of amides is 3. The molecule has 8 heteroatoms. The summed E-state index contributed by atoms with van der Waals surface area (Å²) in [7, 11) is 0. The lowest BCUT2D eigenvalue weighted by atomic mass is 10.2. The van der Waals surface area contributed by atoms with Crippen LogP contribution in [0.4, 0.5) is 10.5 Å². The first-order valence-electron chi connectivity index (χ1n) is 11.8. The van der Waals surface area contributed by atoms with Crippen molar-refractivity contribution in [1.82, 2.24) is 9.80 Å². The minimum atomic E-state index is -0.345. The van der Waals surface area contributed by atoms with Crippen molar-refractivity contribution in [3.8, 4) is 0 Å². The Labute approximate surface area is 215 Å². The number of benzene rings is 2. The van der Waals surface area contributed by atoms with Crippen molar-refractivity contribution in [3.05, 3.63) is 87.1 Å². The number of thiophene rings is 1. The van der Waals surface area contributed by atoms with Crippen molar-refractivity contribution in [2.75, 3.05) is 25.0 Å². The van der Waals surface area contributed by atoms with E-state index in [-0.39, 0.29) is 24.6 Å². The smallest absolute Gasteiger partial charge is 0.322 e. The van der Waals surface area contributed by atoms with Crippen molar-refractivity contribution >= 4 is 40.6 Å². The maximum atomic E-state index is 13.6. The molecule has 184 valence electrons. The summed E-state index contributed by atoms with van der Waals surface area (Å²) in [6, 6.07) is 20.7. The molecule has 1 aromatic heterocycles. The summed E-state index contributed by atoms with van der Waals surface area (Å²) < 4.78 is 5.77. The van der Waals surface area contributed by atoms with Gasteiger partial charge in [-0.1, -0.05) is 48.0 Å². The Balaban J connectivity index is 1.51. The minimum absolute atomic E-state index is 0.0382. The average Bonchev–Trinajstić information content (AvgIpc) is 3.50. The molecule has 3 aromatic rings. The fourth-order valence-corrected chi connectivity index (χ4v) is 5.18. The summed E-state index contributed by atoms with van der Waals surface area (Å²) in [5.74, 6) is -0.112. The molecule has 2 aromatic carbocycles. The third-order valence-corrected chi connectivity index (χ3v) is 7.07. The van der Waals surface area contributed by atoms with Crippen LogP contribution in [-0.4, -0.2) is 47.5 Å². The Morgan fingerprint density at radius 1 is 1.06 bits per heavy atom. The fraction of sp³-hybridized carbons (Fsp3) is 0.333. The van der Waals surface area contributed by atoms with E-state index in [1.165, 1.54) is 4.88 Å². The molecule has 1 saturated heterocycles. The van der Waals surface area contributed by atoms with Gasteiger partial charge in [-0.3, -0.25) is 4.79 Å². The van der Waals surface area contributed by atoms with E-state index in [9.17, 15) is 9.59 Å². The van der Waals surface area contributed by atoms with Crippen LogP contribution in [0.1, 0.15) is 28.2 Å². The van der Waals surface area contributed by atoms with Gasteiger partial charge in [-0.25, -0.2) is 4.79 Å². The molecule has 0 bridgehead atoms. The van der Waals surface area contributed by atoms with Crippen LogP contribution >= 0.6 is 22.9 Å². The van der Waals surface area contributed by atoms with Gasteiger partial charge in [0.1, 0.15) is 6.54 Å². The molecule has 35 heavy (non-hydrogen) atoms. The topological polar surface area (TPSA) is 61.9 Å². The summed E-state index contributed by atoms with van der Waals surface area (Å²) in [5.41, 5.74) is 1.63. The molecule has 1 fully saturated rings. The van der Waals surface area contributed by atoms with Gasteiger partial charge < -0.3 is 19.9 Å². The normalized spacial score (nSPS) is 15.1. The lowest BCUT2D eigenvalue weighted by molar-refractivity contribution is -0.133. The standard InChI is InChI=1S/C27H30ClN3O3S/c1-20-12-13-25(35-20)18-30(16-21-7-3-2-4-8-21)26(32)19-31(17-24-11-6-14-34-24)27(33)29-23-10-5-9-22(28)15-23/h2-5,7-10,12-13,15,24H,6,11,14,16-19H2,1H3,(H,29,33). The molecule has 0 radical (unpaired) electrons. The van der Waals surface area contributed by atoms with E-state index in [0.29, 0.717) is 37.0 Å². The maximum Gasteiger partial charge on any atom is 0.322 e. The number of hydrogen-bond acceptors (Lipinski definition) is 4. The molecule has 0 spiro atoms. The van der Waals surface area contributed by atoms with E-state index < -0.39 is 0 Å². The predicted octanol–water partition coefficient (Wildman–Crippen LogP) is 5.95. The molecule has 3 amide bonds. The molecule has 1 aliphatic rings. The van der Waals surface area contributed by atoms with Crippen molar-refractivity contribution in [3.63, 3.8) is 0 Å². The van der Waals surface area contributed by atoms with Gasteiger partial charge in [-0.05, 0) is 55.7 Å². The SMILES string of the molecule is Cc1ccc(CN(Cc2ccccc2)C(=O)CN(CC2CCCO2)C(=O)Nc2cccc(Cl)c2)s1. The molecule has 4 rings (SSSR count). The first-order chi connectivity index (χ1) is 17.0. The Kier molecular flexibility index (Phi) is 8.79. The molecule has 1 atom stereocenters. The average molecular weight is 512 g/mol. The molecular weight excluding hydrogens is 482 g/mol. The first kappa shape index (κ1) is 25.2. The zero-order chi connectivity index (χ0) is 24.6. The van der Waals surface area contributed by atoms with Crippen LogP contribution in [0.3, 0.4) is 0 Å². The molecule has 6 nitrogen and oxygen atoms in total. The highest BCUT2D eigenvalue weighted by atomic mass is 35.5. The van der Waals surface area contributed by atoms with Gasteiger partial charge in [0.2, 0.25) is 5.91 Å². The fourth-order valence-electron chi connectivity index (χ4n) is 4.08. The summed E-state index contributed by atoms with van der Waals surface area (Å²) in [5, 5.41) is 3.41. The minimum Gasteiger partial charge on any atom is -0.376 e. The second kappa shape index (κ2) is 12.2. The first-order valence-corrected chi connectivity index (χ1v) is 13.0. The van der Waals surface area contributed by atoms with Crippen LogP contribution in [0, 0.1) is 6.92 Å². The second-order valence-electron chi connectivity index (χ2n) is 8.70. The zero-order valence-corrected chi connectivity index (χ0v) is 21.4. The van der Waals surface area contributed by atoms with Crippen molar-refractivity contribution in [1.29, 1.82) is 0 Å². The Morgan fingerprint density at radius 2 is 1.89 bits per heavy atom. The molecule has 0 saturated carbocycles. The van der Waals surface area contributed by atoms with Crippen LogP contribution < -0.4 is 5.32 Å². The van der Waals surface area contributed by atoms with Gasteiger partial charge in [0, 0.05) is 40.2 Å². The number of nitrogens with one attached hydrogen (secondary N) is 1. The number of rotatable bonds is 9. The Morgan fingerprint density at radius 3 is 2.57 bits per heavy atom. The largest absolute Gasteiger partial charge is 0.376 e. The van der Waals surface area contributed by atoms with E-state index in [2.05, 4.69) is 24.4 Å². The summed E-state index contributed by atoms with van der Waals surface area (Å²) in [6.45, 7) is 4.02. The van der Waals surface area contributed by atoms with Gasteiger partial charge in [0.25, 0.3) is 0 Å². The highest BCUT2D eigenvalue weighted by Gasteiger charge is 2.27. The Bertz CT molecular complexity index is 1130. The van der Waals surface area contributed by atoms with Gasteiger partial charge in [-0.2, -0.15) is 0 Å². The second-order valence-corrected chi connectivity index (χ2v) is 10.5. The third-order valence-electron chi connectivity index (χ3n) is 5.85. The predicted molar refractivity (Wildman–Crippen MR) is 141 cm³/mol. The number of halogens is 1. The maximum absolute atomic E-state index is 13.6.